The number of rotatable bonds is 1. The molecule has 1 atom stereocenters. The van der Waals surface area contributed by atoms with E-state index in [2.05, 4.69) is 0 Å². The number of amides is 1. The Balaban J connectivity index is 0.000000686. The zero-order valence-electron chi connectivity index (χ0n) is 10.7. The Kier molecular flexibility index (Phi) is 5.49. The second kappa shape index (κ2) is 6.65. The predicted octanol–water partition coefficient (Wildman–Crippen LogP) is 4.13. The van der Waals surface area contributed by atoms with Crippen molar-refractivity contribution in [1.82, 2.24) is 0 Å². The summed E-state index contributed by atoms with van der Waals surface area (Å²) in [4.78, 5) is 13.7. The van der Waals surface area contributed by atoms with Crippen LogP contribution >= 0.6 is 11.6 Å². The fraction of sp³-hybridized carbons (Fsp3) is 0.500. The molecule has 0 spiro atoms. The third-order valence-electron chi connectivity index (χ3n) is 2.85. The summed E-state index contributed by atoms with van der Waals surface area (Å²) < 4.78 is 0. The van der Waals surface area contributed by atoms with Crippen molar-refractivity contribution in [2.24, 2.45) is 5.92 Å². The summed E-state index contributed by atoms with van der Waals surface area (Å²) in [6.07, 6.45) is 2.04. The number of para-hydroxylation sites is 1. The van der Waals surface area contributed by atoms with Crippen LogP contribution in [-0.2, 0) is 4.79 Å². The third kappa shape index (κ3) is 3.22. The van der Waals surface area contributed by atoms with Crippen LogP contribution in [0.5, 0.6) is 0 Å². The topological polar surface area (TPSA) is 20.3 Å². The van der Waals surface area contributed by atoms with Gasteiger partial charge in [0.1, 0.15) is 0 Å². The minimum absolute atomic E-state index is 0.120. The molecule has 0 saturated carbocycles. The van der Waals surface area contributed by atoms with Crippen LogP contribution < -0.4 is 4.90 Å². The zero-order chi connectivity index (χ0) is 12.8. The minimum Gasteiger partial charge on any atom is -0.311 e. The molecule has 1 aromatic rings. The van der Waals surface area contributed by atoms with Gasteiger partial charge in [-0.15, -0.1) is 0 Å². The average molecular weight is 254 g/mol. The molecule has 0 N–H and O–H groups in total. The van der Waals surface area contributed by atoms with Gasteiger partial charge < -0.3 is 4.90 Å². The first-order valence-electron chi connectivity index (χ1n) is 6.26. The number of benzene rings is 1. The van der Waals surface area contributed by atoms with Crippen LogP contribution in [0, 0.1) is 5.92 Å². The summed E-state index contributed by atoms with van der Waals surface area (Å²) in [6, 6.07) is 7.51. The van der Waals surface area contributed by atoms with Gasteiger partial charge in [-0.3, -0.25) is 4.79 Å². The van der Waals surface area contributed by atoms with E-state index < -0.39 is 0 Å². The van der Waals surface area contributed by atoms with Gasteiger partial charge in [-0.05, 0) is 25.0 Å². The maximum Gasteiger partial charge on any atom is 0.229 e. The van der Waals surface area contributed by atoms with Crippen molar-refractivity contribution < 1.29 is 4.79 Å². The number of piperidine rings is 1. The van der Waals surface area contributed by atoms with Crippen LogP contribution in [0.1, 0.15) is 33.6 Å². The molecule has 1 unspecified atom stereocenters. The van der Waals surface area contributed by atoms with Gasteiger partial charge in [0.15, 0.2) is 0 Å². The number of carbonyl (C=O) groups excluding carboxylic acids is 1. The number of hydrogen-bond acceptors (Lipinski definition) is 1. The van der Waals surface area contributed by atoms with Gasteiger partial charge in [-0.25, -0.2) is 0 Å². The number of anilines is 1. The largest absolute Gasteiger partial charge is 0.311 e. The molecule has 1 saturated heterocycles. The van der Waals surface area contributed by atoms with E-state index in [0.29, 0.717) is 5.02 Å². The molecule has 2 nitrogen and oxygen atoms in total. The second-order valence-electron chi connectivity index (χ2n) is 3.98. The van der Waals surface area contributed by atoms with Crippen molar-refractivity contribution in [1.29, 1.82) is 0 Å². The molecule has 3 heteroatoms. The molecule has 2 rings (SSSR count). The highest BCUT2D eigenvalue weighted by atomic mass is 35.5. The van der Waals surface area contributed by atoms with E-state index in [0.717, 1.165) is 25.1 Å². The van der Waals surface area contributed by atoms with E-state index in [1.54, 1.807) is 4.90 Å². The lowest BCUT2D eigenvalue weighted by Crippen LogP contribution is -2.40. The molecule has 1 aliphatic rings. The lowest BCUT2D eigenvalue weighted by Gasteiger charge is -2.31. The van der Waals surface area contributed by atoms with E-state index in [1.807, 2.05) is 45.0 Å². The monoisotopic (exact) mass is 253 g/mol. The summed E-state index contributed by atoms with van der Waals surface area (Å²) in [5, 5.41) is 0.653. The normalized spacial score (nSPS) is 19.6. The van der Waals surface area contributed by atoms with Crippen molar-refractivity contribution in [2.75, 3.05) is 11.4 Å². The van der Waals surface area contributed by atoms with Gasteiger partial charge in [0.2, 0.25) is 5.91 Å². The lowest BCUT2D eigenvalue weighted by molar-refractivity contribution is -0.123. The Morgan fingerprint density at radius 1 is 1.29 bits per heavy atom. The third-order valence-corrected chi connectivity index (χ3v) is 3.17. The molecule has 94 valence electrons. The van der Waals surface area contributed by atoms with Gasteiger partial charge in [-0.1, -0.05) is 44.5 Å². The molecule has 17 heavy (non-hydrogen) atoms. The van der Waals surface area contributed by atoms with E-state index >= 15 is 0 Å². The summed E-state index contributed by atoms with van der Waals surface area (Å²) in [5.74, 6) is 0.310. The standard InChI is InChI=1S/C12H14ClNO.C2H6/c1-9-5-4-8-14(12(9)15)11-7-3-2-6-10(11)13;1-2/h2-3,6-7,9H,4-5,8H2,1H3;1-2H3. The fourth-order valence-corrected chi connectivity index (χ4v) is 2.20. The number of carbonyl (C=O) groups is 1. The molecule has 1 aliphatic heterocycles. The smallest absolute Gasteiger partial charge is 0.229 e. The summed E-state index contributed by atoms with van der Waals surface area (Å²) in [5.41, 5.74) is 0.843. The zero-order valence-corrected chi connectivity index (χ0v) is 11.5. The van der Waals surface area contributed by atoms with Gasteiger partial charge >= 0.3 is 0 Å². The Morgan fingerprint density at radius 2 is 1.94 bits per heavy atom. The predicted molar refractivity (Wildman–Crippen MR) is 73.6 cm³/mol. The van der Waals surface area contributed by atoms with Gasteiger partial charge in [0.25, 0.3) is 0 Å². The van der Waals surface area contributed by atoms with Crippen LogP contribution in [0.3, 0.4) is 0 Å². The Hall–Kier alpha value is -1.02. The highest BCUT2D eigenvalue weighted by Crippen LogP contribution is 2.29. The maximum atomic E-state index is 11.9. The fourth-order valence-electron chi connectivity index (χ4n) is 1.97. The molecular formula is C14H20ClNO. The highest BCUT2D eigenvalue weighted by molar-refractivity contribution is 6.33. The van der Waals surface area contributed by atoms with Crippen LogP contribution in [0.25, 0.3) is 0 Å². The highest BCUT2D eigenvalue weighted by Gasteiger charge is 2.26. The van der Waals surface area contributed by atoms with Gasteiger partial charge in [0.05, 0.1) is 10.7 Å². The second-order valence-corrected chi connectivity index (χ2v) is 4.39. The van der Waals surface area contributed by atoms with Crippen molar-refractivity contribution in [3.63, 3.8) is 0 Å². The first kappa shape index (κ1) is 14.0. The van der Waals surface area contributed by atoms with Crippen molar-refractivity contribution in [3.05, 3.63) is 29.3 Å². The van der Waals surface area contributed by atoms with E-state index in [9.17, 15) is 4.79 Å². The molecule has 1 heterocycles. The molecular weight excluding hydrogens is 234 g/mol. The summed E-state index contributed by atoms with van der Waals surface area (Å²) in [7, 11) is 0. The lowest BCUT2D eigenvalue weighted by atomic mass is 9.98. The number of nitrogens with zero attached hydrogens (tertiary/aromatic N) is 1. The van der Waals surface area contributed by atoms with Crippen LogP contribution in [0.4, 0.5) is 5.69 Å². The van der Waals surface area contributed by atoms with Crippen molar-refractivity contribution in [2.45, 2.75) is 33.6 Å². The van der Waals surface area contributed by atoms with E-state index in [-0.39, 0.29) is 11.8 Å². The molecule has 1 fully saturated rings. The average Bonchev–Trinajstić information content (AvgIpc) is 2.36. The first-order valence-corrected chi connectivity index (χ1v) is 6.64. The van der Waals surface area contributed by atoms with Crippen molar-refractivity contribution >= 4 is 23.2 Å². The van der Waals surface area contributed by atoms with Crippen LogP contribution in [0.15, 0.2) is 24.3 Å². The Labute approximate surface area is 109 Å². The van der Waals surface area contributed by atoms with E-state index in [1.165, 1.54) is 0 Å². The van der Waals surface area contributed by atoms with Crippen LogP contribution in [0.2, 0.25) is 5.02 Å². The van der Waals surface area contributed by atoms with Crippen LogP contribution in [-0.4, -0.2) is 12.5 Å². The number of hydrogen-bond donors (Lipinski definition) is 0. The maximum absolute atomic E-state index is 11.9. The quantitative estimate of drug-likeness (QED) is 0.737. The Morgan fingerprint density at radius 3 is 2.59 bits per heavy atom. The summed E-state index contributed by atoms with van der Waals surface area (Å²) >= 11 is 6.08. The molecule has 0 aliphatic carbocycles. The summed E-state index contributed by atoms with van der Waals surface area (Å²) in [6.45, 7) is 6.76. The molecule has 1 amide bonds. The molecule has 1 aromatic carbocycles. The molecule has 0 radical (unpaired) electrons. The van der Waals surface area contributed by atoms with Crippen molar-refractivity contribution in [3.8, 4) is 0 Å². The van der Waals surface area contributed by atoms with E-state index in [4.69, 9.17) is 11.6 Å². The van der Waals surface area contributed by atoms with Gasteiger partial charge in [0, 0.05) is 12.5 Å². The molecule has 0 aromatic heterocycles. The molecule has 0 bridgehead atoms. The van der Waals surface area contributed by atoms with Gasteiger partial charge in [-0.2, -0.15) is 0 Å². The Bertz CT molecular complexity index is 378. The minimum atomic E-state index is 0.120. The number of halogens is 1. The SMILES string of the molecule is CC.CC1CCCN(c2ccccc2Cl)C1=O. The first-order chi connectivity index (χ1) is 8.20.